The molecule has 1 aromatic carbocycles. The molecular weight excluding hydrogens is 330 g/mol. The molecule has 2 aliphatic rings. The van der Waals surface area contributed by atoms with Gasteiger partial charge < -0.3 is 15.6 Å². The second-order valence-corrected chi connectivity index (χ2v) is 7.48. The first-order valence-corrected chi connectivity index (χ1v) is 8.76. The Morgan fingerprint density at radius 3 is 2.81 bits per heavy atom. The molecule has 2 unspecified atom stereocenters. The van der Waals surface area contributed by atoms with Crippen molar-refractivity contribution in [1.29, 1.82) is 0 Å². The number of hydrogen-bond donors (Lipinski definition) is 2. The third kappa shape index (κ3) is 3.27. The van der Waals surface area contributed by atoms with E-state index in [1.54, 1.807) is 0 Å². The van der Waals surface area contributed by atoms with Crippen LogP contribution in [-0.2, 0) is 4.74 Å². The number of nitrogen functional groups attached to an aromatic ring is 1. The normalized spacial score (nSPS) is 26.7. The van der Waals surface area contributed by atoms with Crippen LogP contribution in [0.2, 0.25) is 0 Å². The minimum atomic E-state index is -0.495. The van der Waals surface area contributed by atoms with Gasteiger partial charge in [-0.25, -0.2) is 0 Å². The lowest BCUT2D eigenvalue weighted by atomic mass is 9.73. The molecule has 1 aliphatic carbocycles. The van der Waals surface area contributed by atoms with Crippen LogP contribution in [-0.4, -0.2) is 17.3 Å². The predicted molar refractivity (Wildman–Crippen MR) is 88.0 cm³/mol. The topological polar surface area (TPSA) is 55.5 Å². The van der Waals surface area contributed by atoms with Crippen molar-refractivity contribution in [3.8, 4) is 0 Å². The van der Waals surface area contributed by atoms with Crippen molar-refractivity contribution in [2.75, 3.05) is 12.3 Å². The molecule has 3 N–H and O–H groups in total. The molecule has 0 radical (unpaired) electrons. The van der Waals surface area contributed by atoms with Crippen LogP contribution < -0.4 is 5.73 Å². The summed E-state index contributed by atoms with van der Waals surface area (Å²) in [7, 11) is 0. The van der Waals surface area contributed by atoms with Crippen LogP contribution in [0.15, 0.2) is 22.7 Å². The Balaban J connectivity index is 1.77. The molecule has 1 heterocycles. The third-order valence-corrected chi connectivity index (χ3v) is 5.60. The fourth-order valence-corrected chi connectivity index (χ4v) is 4.31. The quantitative estimate of drug-likeness (QED) is 0.783. The Bertz CT molecular complexity index is 494. The summed E-state index contributed by atoms with van der Waals surface area (Å²) in [5.41, 5.74) is 7.60. The number of rotatable bonds is 2. The predicted octanol–water partition coefficient (Wildman–Crippen LogP) is 4.19. The van der Waals surface area contributed by atoms with E-state index in [9.17, 15) is 5.11 Å². The standard InChI is InChI=1S/C17H24BrNO2/c18-13-4-5-15(19)14(10-13)16(20)12-6-9-21-17(11-12)7-2-1-3-8-17/h4-5,10,12,16,20H,1-3,6-9,11,19H2. The number of aliphatic hydroxyl groups is 1. The summed E-state index contributed by atoms with van der Waals surface area (Å²) in [6, 6.07) is 5.72. The zero-order chi connectivity index (χ0) is 14.9. The average molecular weight is 354 g/mol. The lowest BCUT2D eigenvalue weighted by Crippen LogP contribution is -2.42. The summed E-state index contributed by atoms with van der Waals surface area (Å²) in [5.74, 6) is 0.244. The molecule has 21 heavy (non-hydrogen) atoms. The maximum absolute atomic E-state index is 10.8. The Hall–Kier alpha value is -0.580. The fourth-order valence-electron chi connectivity index (χ4n) is 3.94. The summed E-state index contributed by atoms with van der Waals surface area (Å²) in [6.07, 6.45) is 7.48. The number of hydrogen-bond acceptors (Lipinski definition) is 3. The summed E-state index contributed by atoms with van der Waals surface area (Å²) in [6.45, 7) is 0.760. The first kappa shape index (κ1) is 15.3. The van der Waals surface area contributed by atoms with Gasteiger partial charge in [0.1, 0.15) is 0 Å². The number of benzene rings is 1. The zero-order valence-corrected chi connectivity index (χ0v) is 13.9. The number of aliphatic hydroxyl groups excluding tert-OH is 1. The minimum absolute atomic E-state index is 0.0168. The van der Waals surface area contributed by atoms with E-state index in [1.165, 1.54) is 19.3 Å². The number of nitrogens with two attached hydrogens (primary N) is 1. The van der Waals surface area contributed by atoms with Crippen LogP contribution in [0.25, 0.3) is 0 Å². The molecule has 1 aliphatic heterocycles. The Morgan fingerprint density at radius 2 is 2.05 bits per heavy atom. The van der Waals surface area contributed by atoms with Crippen LogP contribution in [0, 0.1) is 5.92 Å². The monoisotopic (exact) mass is 353 g/mol. The molecule has 3 rings (SSSR count). The van der Waals surface area contributed by atoms with Gasteiger partial charge in [-0.3, -0.25) is 0 Å². The van der Waals surface area contributed by atoms with Gasteiger partial charge in [0.15, 0.2) is 0 Å². The second-order valence-electron chi connectivity index (χ2n) is 6.56. The second kappa shape index (κ2) is 6.27. The van der Waals surface area contributed by atoms with Crippen molar-refractivity contribution in [3.05, 3.63) is 28.2 Å². The third-order valence-electron chi connectivity index (χ3n) is 5.11. The number of anilines is 1. The lowest BCUT2D eigenvalue weighted by molar-refractivity contribution is -0.134. The summed E-state index contributed by atoms with van der Waals surface area (Å²) < 4.78 is 7.09. The summed E-state index contributed by atoms with van der Waals surface area (Å²) in [5, 5.41) is 10.8. The van der Waals surface area contributed by atoms with Gasteiger partial charge in [0.2, 0.25) is 0 Å². The van der Waals surface area contributed by atoms with E-state index in [-0.39, 0.29) is 11.5 Å². The van der Waals surface area contributed by atoms with Crippen molar-refractivity contribution in [1.82, 2.24) is 0 Å². The van der Waals surface area contributed by atoms with E-state index in [1.807, 2.05) is 18.2 Å². The van der Waals surface area contributed by atoms with Gasteiger partial charge in [-0.05, 0) is 49.8 Å². The van der Waals surface area contributed by atoms with Gasteiger partial charge in [-0.1, -0.05) is 35.2 Å². The van der Waals surface area contributed by atoms with E-state index in [0.29, 0.717) is 5.69 Å². The van der Waals surface area contributed by atoms with Gasteiger partial charge >= 0.3 is 0 Å². The van der Waals surface area contributed by atoms with E-state index < -0.39 is 6.10 Å². The van der Waals surface area contributed by atoms with Gasteiger partial charge in [0.05, 0.1) is 11.7 Å². The first-order chi connectivity index (χ1) is 10.1. The van der Waals surface area contributed by atoms with Gasteiger partial charge in [0, 0.05) is 22.3 Å². The SMILES string of the molecule is Nc1ccc(Br)cc1C(O)C1CCOC2(CCCCC2)C1. The average Bonchev–Trinajstić information content (AvgIpc) is 2.50. The molecule has 116 valence electrons. The molecule has 4 heteroatoms. The number of halogens is 1. The molecule has 2 fully saturated rings. The van der Waals surface area contributed by atoms with Crippen LogP contribution in [0.5, 0.6) is 0 Å². The van der Waals surface area contributed by atoms with Crippen molar-refractivity contribution in [2.45, 2.75) is 56.7 Å². The maximum atomic E-state index is 10.8. The molecule has 1 spiro atoms. The van der Waals surface area contributed by atoms with E-state index in [0.717, 1.165) is 42.3 Å². The molecule has 0 aromatic heterocycles. The molecule has 1 saturated heterocycles. The van der Waals surface area contributed by atoms with Crippen molar-refractivity contribution >= 4 is 21.6 Å². The maximum Gasteiger partial charge on any atom is 0.0840 e. The lowest BCUT2D eigenvalue weighted by Gasteiger charge is -2.44. The largest absolute Gasteiger partial charge is 0.398 e. The molecule has 3 nitrogen and oxygen atoms in total. The Morgan fingerprint density at radius 1 is 1.29 bits per heavy atom. The van der Waals surface area contributed by atoms with Crippen molar-refractivity contribution in [2.24, 2.45) is 5.92 Å². The highest BCUT2D eigenvalue weighted by atomic mass is 79.9. The van der Waals surface area contributed by atoms with Crippen molar-refractivity contribution in [3.63, 3.8) is 0 Å². The van der Waals surface area contributed by atoms with Gasteiger partial charge in [0.25, 0.3) is 0 Å². The summed E-state index contributed by atoms with van der Waals surface area (Å²) >= 11 is 3.47. The molecule has 0 amide bonds. The van der Waals surface area contributed by atoms with Crippen LogP contribution in [0.1, 0.15) is 56.6 Å². The van der Waals surface area contributed by atoms with E-state index in [2.05, 4.69) is 15.9 Å². The highest BCUT2D eigenvalue weighted by molar-refractivity contribution is 9.10. The minimum Gasteiger partial charge on any atom is -0.398 e. The zero-order valence-electron chi connectivity index (χ0n) is 12.4. The fraction of sp³-hybridized carbons (Fsp3) is 0.647. The van der Waals surface area contributed by atoms with Crippen molar-refractivity contribution < 1.29 is 9.84 Å². The Labute approximate surface area is 135 Å². The van der Waals surface area contributed by atoms with E-state index in [4.69, 9.17) is 10.5 Å². The highest BCUT2D eigenvalue weighted by Gasteiger charge is 2.41. The Kier molecular flexibility index (Phi) is 4.57. The number of ether oxygens (including phenoxy) is 1. The van der Waals surface area contributed by atoms with Gasteiger partial charge in [-0.15, -0.1) is 0 Å². The molecule has 2 atom stereocenters. The smallest absolute Gasteiger partial charge is 0.0840 e. The highest BCUT2D eigenvalue weighted by Crippen LogP contribution is 2.45. The molecule has 1 saturated carbocycles. The van der Waals surface area contributed by atoms with Crippen LogP contribution in [0.4, 0.5) is 5.69 Å². The molecule has 1 aromatic rings. The first-order valence-electron chi connectivity index (χ1n) is 7.97. The van der Waals surface area contributed by atoms with Crippen LogP contribution >= 0.6 is 15.9 Å². The molecule has 0 bridgehead atoms. The molecular formula is C17H24BrNO2. The van der Waals surface area contributed by atoms with Gasteiger partial charge in [-0.2, -0.15) is 0 Å². The van der Waals surface area contributed by atoms with E-state index >= 15 is 0 Å². The summed E-state index contributed by atoms with van der Waals surface area (Å²) in [4.78, 5) is 0. The van der Waals surface area contributed by atoms with Crippen LogP contribution in [0.3, 0.4) is 0 Å².